The monoisotopic (exact) mass is 259 g/mol. The highest BCUT2D eigenvalue weighted by Gasteiger charge is 2.07. The Balaban J connectivity index is 2.53. The average molecular weight is 259 g/mol. The van der Waals surface area contributed by atoms with E-state index in [9.17, 15) is 13.6 Å². The van der Waals surface area contributed by atoms with Crippen LogP contribution >= 0.6 is 0 Å². The van der Waals surface area contributed by atoms with E-state index in [0.29, 0.717) is 5.69 Å². The van der Waals surface area contributed by atoms with E-state index < -0.39 is 6.61 Å². The predicted octanol–water partition coefficient (Wildman–Crippen LogP) is 2.65. The molecule has 0 fully saturated rings. The van der Waals surface area contributed by atoms with Gasteiger partial charge in [-0.25, -0.2) is 0 Å². The number of rotatable bonds is 6. The second-order valence-electron chi connectivity index (χ2n) is 3.81. The zero-order valence-electron chi connectivity index (χ0n) is 10.2. The highest BCUT2D eigenvalue weighted by molar-refractivity contribution is 5.91. The molecule has 1 aromatic rings. The van der Waals surface area contributed by atoms with E-state index in [1.165, 1.54) is 18.2 Å². The number of alkyl halides is 2. The molecule has 0 saturated heterocycles. The number of halogens is 2. The fourth-order valence-electron chi connectivity index (χ4n) is 1.19. The zero-order valence-corrected chi connectivity index (χ0v) is 10.2. The summed E-state index contributed by atoms with van der Waals surface area (Å²) < 4.78 is 33.3. The van der Waals surface area contributed by atoms with Gasteiger partial charge in [-0.05, 0) is 26.0 Å². The van der Waals surface area contributed by atoms with Crippen molar-refractivity contribution in [1.29, 1.82) is 0 Å². The van der Waals surface area contributed by atoms with Gasteiger partial charge in [-0.2, -0.15) is 8.78 Å². The van der Waals surface area contributed by atoms with Crippen molar-refractivity contribution in [3.05, 3.63) is 24.3 Å². The molecule has 1 aromatic carbocycles. The second kappa shape index (κ2) is 6.90. The number of ether oxygens (including phenoxy) is 2. The molecule has 18 heavy (non-hydrogen) atoms. The number of benzene rings is 1. The van der Waals surface area contributed by atoms with E-state index in [4.69, 9.17) is 4.74 Å². The van der Waals surface area contributed by atoms with Crippen LogP contribution in [-0.4, -0.2) is 25.2 Å². The lowest BCUT2D eigenvalue weighted by atomic mass is 10.3. The number of carbonyl (C=O) groups excluding carboxylic acids is 1. The smallest absolute Gasteiger partial charge is 0.387 e. The third-order valence-corrected chi connectivity index (χ3v) is 1.89. The van der Waals surface area contributed by atoms with Crippen LogP contribution in [0.25, 0.3) is 0 Å². The summed E-state index contributed by atoms with van der Waals surface area (Å²) in [7, 11) is 0. The van der Waals surface area contributed by atoms with E-state index in [-0.39, 0.29) is 24.4 Å². The molecule has 0 unspecified atom stereocenters. The molecular weight excluding hydrogens is 244 g/mol. The van der Waals surface area contributed by atoms with Gasteiger partial charge in [0.1, 0.15) is 12.4 Å². The van der Waals surface area contributed by atoms with Crippen molar-refractivity contribution < 1.29 is 23.0 Å². The molecule has 100 valence electrons. The molecule has 0 aliphatic rings. The molecule has 0 aromatic heterocycles. The maximum Gasteiger partial charge on any atom is 0.387 e. The first-order chi connectivity index (χ1) is 8.47. The summed E-state index contributed by atoms with van der Waals surface area (Å²) in [5.41, 5.74) is 0.380. The molecular formula is C12H15F2NO3. The van der Waals surface area contributed by atoms with Crippen molar-refractivity contribution in [2.75, 3.05) is 11.9 Å². The number of hydrogen-bond donors (Lipinski definition) is 1. The number of anilines is 1. The highest BCUT2D eigenvalue weighted by Crippen LogP contribution is 2.19. The predicted molar refractivity (Wildman–Crippen MR) is 62.8 cm³/mol. The van der Waals surface area contributed by atoms with Gasteiger partial charge in [-0.1, -0.05) is 6.07 Å². The molecule has 0 spiro atoms. The van der Waals surface area contributed by atoms with Crippen molar-refractivity contribution in [1.82, 2.24) is 0 Å². The average Bonchev–Trinajstić information content (AvgIpc) is 2.26. The van der Waals surface area contributed by atoms with Crippen LogP contribution in [0.2, 0.25) is 0 Å². The number of carbonyl (C=O) groups is 1. The van der Waals surface area contributed by atoms with Gasteiger partial charge in [0.15, 0.2) is 0 Å². The lowest BCUT2D eigenvalue weighted by Crippen LogP contribution is -2.20. The summed E-state index contributed by atoms with van der Waals surface area (Å²) in [4.78, 5) is 11.4. The Morgan fingerprint density at radius 2 is 2.11 bits per heavy atom. The fourth-order valence-corrected chi connectivity index (χ4v) is 1.19. The molecule has 0 aliphatic carbocycles. The van der Waals surface area contributed by atoms with Crippen LogP contribution in [-0.2, 0) is 9.53 Å². The molecule has 4 nitrogen and oxygen atoms in total. The van der Waals surface area contributed by atoms with Crippen LogP contribution in [0, 0.1) is 0 Å². The number of amides is 1. The maximum absolute atomic E-state index is 12.0. The topological polar surface area (TPSA) is 47.6 Å². The van der Waals surface area contributed by atoms with Gasteiger partial charge < -0.3 is 14.8 Å². The molecule has 1 amide bonds. The second-order valence-corrected chi connectivity index (χ2v) is 3.81. The van der Waals surface area contributed by atoms with Crippen LogP contribution in [0.3, 0.4) is 0 Å². The summed E-state index contributed by atoms with van der Waals surface area (Å²) in [5, 5.41) is 2.52. The van der Waals surface area contributed by atoms with Gasteiger partial charge in [0, 0.05) is 11.8 Å². The molecule has 1 rings (SSSR count). The minimum Gasteiger partial charge on any atom is -0.435 e. The van der Waals surface area contributed by atoms with Crippen molar-refractivity contribution >= 4 is 11.6 Å². The Hall–Kier alpha value is -1.69. The lowest BCUT2D eigenvalue weighted by molar-refractivity contribution is -0.121. The Bertz CT molecular complexity index is 397. The first-order valence-electron chi connectivity index (χ1n) is 5.43. The van der Waals surface area contributed by atoms with Gasteiger partial charge >= 0.3 is 6.61 Å². The molecule has 0 aliphatic heterocycles. The van der Waals surface area contributed by atoms with Gasteiger partial charge in [-0.15, -0.1) is 0 Å². The number of nitrogens with one attached hydrogen (secondary N) is 1. The van der Waals surface area contributed by atoms with E-state index in [1.807, 2.05) is 13.8 Å². The first-order valence-corrected chi connectivity index (χ1v) is 5.43. The minimum absolute atomic E-state index is 0.00687. The molecule has 1 N–H and O–H groups in total. The highest BCUT2D eigenvalue weighted by atomic mass is 19.3. The summed E-state index contributed by atoms with van der Waals surface area (Å²) in [6, 6.07) is 5.79. The van der Waals surface area contributed by atoms with E-state index in [1.54, 1.807) is 6.07 Å². The largest absolute Gasteiger partial charge is 0.435 e. The van der Waals surface area contributed by atoms with Crippen molar-refractivity contribution in [3.63, 3.8) is 0 Å². The zero-order chi connectivity index (χ0) is 13.5. The van der Waals surface area contributed by atoms with Gasteiger partial charge in [-0.3, -0.25) is 4.79 Å². The first kappa shape index (κ1) is 14.4. The lowest BCUT2D eigenvalue weighted by Gasteiger charge is -2.10. The Labute approximate surface area is 104 Å². The fraction of sp³-hybridized carbons (Fsp3) is 0.417. The summed E-state index contributed by atoms with van der Waals surface area (Å²) in [6.45, 7) is 0.645. The molecule has 0 heterocycles. The third kappa shape index (κ3) is 5.58. The van der Waals surface area contributed by atoms with Crippen LogP contribution < -0.4 is 10.1 Å². The molecule has 6 heteroatoms. The number of hydrogen-bond acceptors (Lipinski definition) is 3. The molecule has 0 bridgehead atoms. The Morgan fingerprint density at radius 3 is 2.72 bits per heavy atom. The Kier molecular flexibility index (Phi) is 5.51. The van der Waals surface area contributed by atoms with E-state index in [2.05, 4.69) is 10.1 Å². The SMILES string of the molecule is CC(C)OCC(=O)Nc1cccc(OC(F)F)c1. The quantitative estimate of drug-likeness (QED) is 0.854. The normalized spacial score (nSPS) is 10.8. The van der Waals surface area contributed by atoms with Crippen molar-refractivity contribution in [2.24, 2.45) is 0 Å². The molecule has 0 radical (unpaired) electrons. The third-order valence-electron chi connectivity index (χ3n) is 1.89. The van der Waals surface area contributed by atoms with Gasteiger partial charge in [0.05, 0.1) is 6.10 Å². The standard InChI is InChI=1S/C12H15F2NO3/c1-8(2)17-7-11(16)15-9-4-3-5-10(6-9)18-12(13)14/h3-6,8,12H,7H2,1-2H3,(H,15,16). The van der Waals surface area contributed by atoms with Crippen molar-refractivity contribution in [2.45, 2.75) is 26.6 Å². The van der Waals surface area contributed by atoms with Crippen LogP contribution in [0.5, 0.6) is 5.75 Å². The molecule has 0 saturated carbocycles. The van der Waals surface area contributed by atoms with E-state index in [0.717, 1.165) is 0 Å². The molecule has 0 atom stereocenters. The van der Waals surface area contributed by atoms with Crippen molar-refractivity contribution in [3.8, 4) is 5.75 Å². The van der Waals surface area contributed by atoms with Gasteiger partial charge in [0.25, 0.3) is 0 Å². The van der Waals surface area contributed by atoms with Gasteiger partial charge in [0.2, 0.25) is 5.91 Å². The summed E-state index contributed by atoms with van der Waals surface area (Å²) >= 11 is 0. The van der Waals surface area contributed by atoms with Crippen LogP contribution in [0.15, 0.2) is 24.3 Å². The summed E-state index contributed by atoms with van der Waals surface area (Å²) in [5.74, 6) is -0.356. The maximum atomic E-state index is 12.0. The van der Waals surface area contributed by atoms with Crippen LogP contribution in [0.1, 0.15) is 13.8 Å². The summed E-state index contributed by atoms with van der Waals surface area (Å²) in [6.07, 6.45) is -0.0516. The Morgan fingerprint density at radius 1 is 1.39 bits per heavy atom. The van der Waals surface area contributed by atoms with E-state index >= 15 is 0 Å². The van der Waals surface area contributed by atoms with Crippen LogP contribution in [0.4, 0.5) is 14.5 Å². The minimum atomic E-state index is -2.89.